The zero-order chi connectivity index (χ0) is 14.2. The predicted octanol–water partition coefficient (Wildman–Crippen LogP) is 0.809. The zero-order valence-corrected chi connectivity index (χ0v) is 12.2. The van der Waals surface area contributed by atoms with Crippen LogP contribution < -0.4 is 5.32 Å². The Labute approximate surface area is 117 Å². The van der Waals surface area contributed by atoms with Crippen LogP contribution in [0.4, 0.5) is 0 Å². The number of thiocarbonyl (C=S) groups is 1. The number of likely N-dealkylation sites (N-methyl/N-ethyl adjacent to an activating group) is 2. The highest BCUT2D eigenvalue weighted by atomic mass is 32.2. The molecule has 1 heterocycles. The lowest BCUT2D eigenvalue weighted by Gasteiger charge is -2.32. The van der Waals surface area contributed by atoms with Gasteiger partial charge in [-0.25, -0.2) is 8.42 Å². The molecule has 0 unspecified atom stereocenters. The molecule has 1 N–H and O–H groups in total. The van der Waals surface area contributed by atoms with E-state index < -0.39 is 16.1 Å². The summed E-state index contributed by atoms with van der Waals surface area (Å²) in [7, 11) is -2.31. The lowest BCUT2D eigenvalue weighted by Crippen LogP contribution is -2.54. The van der Waals surface area contributed by atoms with Crippen molar-refractivity contribution in [3.05, 3.63) is 29.8 Å². The van der Waals surface area contributed by atoms with Crippen molar-refractivity contribution in [1.29, 1.82) is 0 Å². The molecule has 0 aromatic heterocycles. The van der Waals surface area contributed by atoms with Crippen LogP contribution in [0.25, 0.3) is 0 Å². The third-order valence-electron chi connectivity index (χ3n) is 3.02. The average Bonchev–Trinajstić information content (AvgIpc) is 2.37. The maximum Gasteiger partial charge on any atom is 0.244 e. The Bertz CT molecular complexity index is 640. The van der Waals surface area contributed by atoms with Crippen LogP contribution in [-0.2, 0) is 10.0 Å². The minimum Gasteiger partial charge on any atom is -0.378 e. The first kappa shape index (κ1) is 14.1. The summed E-state index contributed by atoms with van der Waals surface area (Å²) in [5.74, 6) is -0.293. The van der Waals surface area contributed by atoms with Gasteiger partial charge in [0.15, 0.2) is 5.78 Å². The minimum atomic E-state index is -3.68. The van der Waals surface area contributed by atoms with E-state index in [1.807, 2.05) is 6.92 Å². The van der Waals surface area contributed by atoms with Gasteiger partial charge in [0.1, 0.15) is 11.0 Å². The number of ketones is 1. The van der Waals surface area contributed by atoms with E-state index in [0.717, 1.165) is 4.31 Å². The van der Waals surface area contributed by atoms with Crippen molar-refractivity contribution in [2.75, 3.05) is 13.6 Å². The summed E-state index contributed by atoms with van der Waals surface area (Å²) < 4.78 is 25.7. The van der Waals surface area contributed by atoms with Crippen molar-refractivity contribution in [2.45, 2.75) is 17.9 Å². The Morgan fingerprint density at radius 2 is 2.05 bits per heavy atom. The molecule has 7 heteroatoms. The molecule has 0 saturated heterocycles. The first-order valence-electron chi connectivity index (χ1n) is 5.80. The topological polar surface area (TPSA) is 66.5 Å². The van der Waals surface area contributed by atoms with Crippen LogP contribution in [0.5, 0.6) is 0 Å². The fraction of sp³-hybridized carbons (Fsp3) is 0.333. The fourth-order valence-electron chi connectivity index (χ4n) is 2.06. The van der Waals surface area contributed by atoms with E-state index in [2.05, 4.69) is 5.32 Å². The maximum atomic E-state index is 12.4. The Hall–Kier alpha value is -1.31. The largest absolute Gasteiger partial charge is 0.378 e. The summed E-state index contributed by atoms with van der Waals surface area (Å²) in [4.78, 5) is 12.7. The van der Waals surface area contributed by atoms with Gasteiger partial charge >= 0.3 is 0 Å². The first-order valence-corrected chi connectivity index (χ1v) is 7.65. The van der Waals surface area contributed by atoms with Crippen LogP contribution >= 0.6 is 12.2 Å². The van der Waals surface area contributed by atoms with Gasteiger partial charge in [-0.3, -0.25) is 4.79 Å². The number of sulfonamides is 1. The molecule has 1 aliphatic heterocycles. The maximum absolute atomic E-state index is 12.4. The van der Waals surface area contributed by atoms with Crippen molar-refractivity contribution < 1.29 is 13.2 Å². The van der Waals surface area contributed by atoms with Gasteiger partial charge in [0.25, 0.3) is 0 Å². The van der Waals surface area contributed by atoms with Crippen LogP contribution in [0.3, 0.4) is 0 Å². The molecule has 0 amide bonds. The van der Waals surface area contributed by atoms with Crippen molar-refractivity contribution >= 4 is 33.0 Å². The first-order chi connectivity index (χ1) is 8.91. The van der Waals surface area contributed by atoms with E-state index in [9.17, 15) is 13.2 Å². The van der Waals surface area contributed by atoms with Gasteiger partial charge in [0, 0.05) is 19.2 Å². The zero-order valence-electron chi connectivity index (χ0n) is 10.6. The highest BCUT2D eigenvalue weighted by Crippen LogP contribution is 2.28. The molecule has 1 aliphatic rings. The standard InChI is InChI=1S/C12H14N2O3S2/c1-3-13-12(18)10-11(15)8-6-4-5-7-9(8)19(16,17)14(10)2/h4-7,10H,3H2,1-2H3,(H,13,18)/t10-/m1/s1. The lowest BCUT2D eigenvalue weighted by atomic mass is 10.0. The van der Waals surface area contributed by atoms with Gasteiger partial charge in [-0.15, -0.1) is 0 Å². The number of nitrogens with zero attached hydrogens (tertiary/aromatic N) is 1. The number of rotatable bonds is 2. The molecule has 0 saturated carbocycles. The second-order valence-electron chi connectivity index (χ2n) is 4.18. The second kappa shape index (κ2) is 4.99. The van der Waals surface area contributed by atoms with Crippen molar-refractivity contribution in [2.24, 2.45) is 0 Å². The van der Waals surface area contributed by atoms with E-state index >= 15 is 0 Å². The monoisotopic (exact) mass is 298 g/mol. The van der Waals surface area contributed by atoms with Crippen molar-refractivity contribution in [3.63, 3.8) is 0 Å². The number of carbonyl (C=O) groups excluding carboxylic acids is 1. The third kappa shape index (κ3) is 2.18. The summed E-state index contributed by atoms with van der Waals surface area (Å²) in [6, 6.07) is 5.23. The molecule has 5 nitrogen and oxygen atoms in total. The summed E-state index contributed by atoms with van der Waals surface area (Å²) in [6.45, 7) is 2.38. The SMILES string of the molecule is CCNC(=S)[C@H]1C(=O)c2ccccc2S(=O)(=O)N1C. The molecular weight excluding hydrogens is 284 g/mol. The van der Waals surface area contributed by atoms with E-state index in [0.29, 0.717) is 6.54 Å². The van der Waals surface area contributed by atoms with Gasteiger partial charge in [-0.05, 0) is 19.1 Å². The quantitative estimate of drug-likeness (QED) is 0.819. The highest BCUT2D eigenvalue weighted by molar-refractivity contribution is 7.89. The van der Waals surface area contributed by atoms with Crippen LogP contribution in [-0.4, -0.2) is 43.1 Å². The number of carbonyl (C=O) groups is 1. The van der Waals surface area contributed by atoms with Crippen LogP contribution in [0.15, 0.2) is 29.2 Å². The molecule has 102 valence electrons. The number of hydrogen-bond acceptors (Lipinski definition) is 4. The van der Waals surface area contributed by atoms with E-state index in [-0.39, 0.29) is 21.2 Å². The molecule has 0 spiro atoms. The van der Waals surface area contributed by atoms with Crippen LogP contribution in [0.2, 0.25) is 0 Å². The third-order valence-corrected chi connectivity index (χ3v) is 5.27. The van der Waals surface area contributed by atoms with Gasteiger partial charge in [-0.2, -0.15) is 4.31 Å². The molecule has 2 rings (SSSR count). The average molecular weight is 298 g/mol. The molecule has 0 bridgehead atoms. The molecule has 1 atom stereocenters. The highest BCUT2D eigenvalue weighted by Gasteiger charge is 2.43. The van der Waals surface area contributed by atoms with E-state index in [1.54, 1.807) is 12.1 Å². The summed E-state index contributed by atoms with van der Waals surface area (Å²) in [5, 5.41) is 2.85. The van der Waals surface area contributed by atoms with Gasteiger partial charge in [-0.1, -0.05) is 24.4 Å². The number of Topliss-reactive ketones (excluding diaryl/α,β-unsaturated/α-hetero) is 1. The summed E-state index contributed by atoms with van der Waals surface area (Å²) in [5.41, 5.74) is 0.200. The molecule has 1 aromatic carbocycles. The lowest BCUT2D eigenvalue weighted by molar-refractivity contribution is 0.0934. The number of fused-ring (bicyclic) bond motifs is 1. The van der Waals surface area contributed by atoms with Crippen molar-refractivity contribution in [3.8, 4) is 0 Å². The molecular formula is C12H14N2O3S2. The molecule has 0 fully saturated rings. The number of nitrogens with one attached hydrogen (secondary N) is 1. The predicted molar refractivity (Wildman–Crippen MR) is 75.8 cm³/mol. The van der Waals surface area contributed by atoms with Gasteiger partial charge in [0.2, 0.25) is 10.0 Å². The normalized spacial score (nSPS) is 21.8. The molecule has 1 aromatic rings. The summed E-state index contributed by atoms with van der Waals surface area (Å²) in [6.07, 6.45) is 0. The smallest absolute Gasteiger partial charge is 0.244 e. The Morgan fingerprint density at radius 1 is 1.42 bits per heavy atom. The second-order valence-corrected chi connectivity index (χ2v) is 6.58. The number of hydrogen-bond donors (Lipinski definition) is 1. The number of benzene rings is 1. The molecule has 19 heavy (non-hydrogen) atoms. The van der Waals surface area contributed by atoms with E-state index in [4.69, 9.17) is 12.2 Å². The van der Waals surface area contributed by atoms with Crippen molar-refractivity contribution in [1.82, 2.24) is 9.62 Å². The Balaban J connectivity index is 2.59. The Kier molecular flexibility index (Phi) is 3.71. The van der Waals surface area contributed by atoms with Gasteiger partial charge < -0.3 is 5.32 Å². The fourth-order valence-corrected chi connectivity index (χ4v) is 4.02. The Morgan fingerprint density at radius 3 is 2.68 bits per heavy atom. The minimum absolute atomic E-state index is 0.0399. The van der Waals surface area contributed by atoms with Crippen LogP contribution in [0.1, 0.15) is 17.3 Å². The van der Waals surface area contributed by atoms with Gasteiger partial charge in [0.05, 0.1) is 4.90 Å². The van der Waals surface area contributed by atoms with Crippen LogP contribution in [0, 0.1) is 0 Å². The molecule has 0 aliphatic carbocycles. The summed E-state index contributed by atoms with van der Waals surface area (Å²) >= 11 is 5.12. The van der Waals surface area contributed by atoms with E-state index in [1.165, 1.54) is 19.2 Å². The molecule has 0 radical (unpaired) electrons.